The van der Waals surface area contributed by atoms with Gasteiger partial charge in [0.2, 0.25) is 0 Å². The SMILES string of the molecule is CC(=O)c1cc(CCO)nn1C. The van der Waals surface area contributed by atoms with E-state index >= 15 is 0 Å². The fraction of sp³-hybridized carbons (Fsp3) is 0.500. The Morgan fingerprint density at radius 2 is 2.42 bits per heavy atom. The smallest absolute Gasteiger partial charge is 0.177 e. The Hall–Kier alpha value is -1.16. The van der Waals surface area contributed by atoms with Gasteiger partial charge >= 0.3 is 0 Å². The maximum absolute atomic E-state index is 11.0. The molecule has 1 aromatic rings. The van der Waals surface area contributed by atoms with Gasteiger partial charge in [-0.15, -0.1) is 0 Å². The van der Waals surface area contributed by atoms with Gasteiger partial charge in [-0.25, -0.2) is 0 Å². The minimum absolute atomic E-state index is 0.00538. The van der Waals surface area contributed by atoms with Gasteiger partial charge in [0.15, 0.2) is 5.78 Å². The molecule has 0 amide bonds. The first-order chi connectivity index (χ1) is 5.65. The van der Waals surface area contributed by atoms with Gasteiger partial charge in [-0.3, -0.25) is 9.48 Å². The van der Waals surface area contributed by atoms with Crippen LogP contribution in [0, 0.1) is 0 Å². The summed E-state index contributed by atoms with van der Waals surface area (Å²) in [5.74, 6) is -0.00538. The molecular weight excluding hydrogens is 156 g/mol. The molecule has 1 N–H and O–H groups in total. The summed E-state index contributed by atoms with van der Waals surface area (Å²) < 4.78 is 1.54. The molecule has 0 atom stereocenters. The molecule has 4 nitrogen and oxygen atoms in total. The Balaban J connectivity index is 2.92. The summed E-state index contributed by atoms with van der Waals surface area (Å²) in [4.78, 5) is 11.0. The lowest BCUT2D eigenvalue weighted by Crippen LogP contribution is -2.02. The lowest BCUT2D eigenvalue weighted by molar-refractivity contribution is 0.100. The van der Waals surface area contributed by atoms with Crippen molar-refractivity contribution >= 4 is 5.78 Å². The van der Waals surface area contributed by atoms with Crippen LogP contribution in [-0.4, -0.2) is 27.3 Å². The van der Waals surface area contributed by atoms with Gasteiger partial charge < -0.3 is 5.11 Å². The van der Waals surface area contributed by atoms with Crippen molar-refractivity contribution in [3.63, 3.8) is 0 Å². The molecule has 0 spiro atoms. The summed E-state index contributed by atoms with van der Waals surface area (Å²) in [6, 6.07) is 1.71. The number of aromatic nitrogens is 2. The number of nitrogens with zero attached hydrogens (tertiary/aromatic N) is 2. The molecule has 0 aliphatic carbocycles. The van der Waals surface area contributed by atoms with Crippen LogP contribution in [0.25, 0.3) is 0 Å². The highest BCUT2D eigenvalue weighted by Crippen LogP contribution is 2.03. The van der Waals surface area contributed by atoms with Crippen molar-refractivity contribution in [3.8, 4) is 0 Å². The molecule has 0 bridgehead atoms. The van der Waals surface area contributed by atoms with E-state index in [9.17, 15) is 4.79 Å². The zero-order valence-corrected chi connectivity index (χ0v) is 7.24. The van der Waals surface area contributed by atoms with Crippen molar-refractivity contribution in [2.75, 3.05) is 6.61 Å². The summed E-state index contributed by atoms with van der Waals surface area (Å²) in [6.45, 7) is 1.56. The van der Waals surface area contributed by atoms with Crippen molar-refractivity contribution in [2.45, 2.75) is 13.3 Å². The van der Waals surface area contributed by atoms with Gasteiger partial charge in [-0.05, 0) is 6.07 Å². The van der Waals surface area contributed by atoms with E-state index in [4.69, 9.17) is 5.11 Å². The van der Waals surface area contributed by atoms with Crippen LogP contribution in [0.15, 0.2) is 6.07 Å². The van der Waals surface area contributed by atoms with Crippen LogP contribution in [0.5, 0.6) is 0 Å². The third kappa shape index (κ3) is 1.71. The van der Waals surface area contributed by atoms with Gasteiger partial charge in [0.1, 0.15) is 5.69 Å². The molecule has 1 heterocycles. The molecule has 1 rings (SSSR count). The summed E-state index contributed by atoms with van der Waals surface area (Å²) in [5.41, 5.74) is 1.34. The zero-order valence-electron chi connectivity index (χ0n) is 7.24. The monoisotopic (exact) mass is 168 g/mol. The lowest BCUT2D eigenvalue weighted by atomic mass is 10.2. The van der Waals surface area contributed by atoms with Crippen LogP contribution in [0.2, 0.25) is 0 Å². The van der Waals surface area contributed by atoms with Gasteiger partial charge in [0, 0.05) is 27.0 Å². The first-order valence-electron chi connectivity index (χ1n) is 3.80. The topological polar surface area (TPSA) is 55.1 Å². The summed E-state index contributed by atoms with van der Waals surface area (Å²) in [7, 11) is 1.72. The highest BCUT2D eigenvalue weighted by Gasteiger charge is 2.07. The molecule has 0 aliphatic rings. The van der Waals surface area contributed by atoms with E-state index in [0.29, 0.717) is 12.1 Å². The number of aryl methyl sites for hydroxylation is 1. The first-order valence-corrected chi connectivity index (χ1v) is 3.80. The number of rotatable bonds is 3. The van der Waals surface area contributed by atoms with Crippen molar-refractivity contribution in [1.29, 1.82) is 0 Å². The minimum Gasteiger partial charge on any atom is -0.396 e. The normalized spacial score (nSPS) is 10.2. The largest absolute Gasteiger partial charge is 0.396 e. The Kier molecular flexibility index (Phi) is 2.60. The fourth-order valence-corrected chi connectivity index (χ4v) is 1.09. The van der Waals surface area contributed by atoms with E-state index < -0.39 is 0 Å². The number of aliphatic hydroxyl groups excluding tert-OH is 1. The van der Waals surface area contributed by atoms with Crippen molar-refractivity contribution < 1.29 is 9.90 Å². The van der Waals surface area contributed by atoms with Crippen molar-refractivity contribution in [3.05, 3.63) is 17.5 Å². The second kappa shape index (κ2) is 3.49. The molecule has 4 heteroatoms. The predicted molar refractivity (Wildman–Crippen MR) is 44.0 cm³/mol. The molecule has 0 saturated carbocycles. The third-order valence-corrected chi connectivity index (χ3v) is 1.66. The molecule has 1 aromatic heterocycles. The first kappa shape index (κ1) is 8.93. The maximum atomic E-state index is 11.0. The van der Waals surface area contributed by atoms with E-state index in [-0.39, 0.29) is 12.4 Å². The van der Waals surface area contributed by atoms with Crippen LogP contribution < -0.4 is 0 Å². The Labute approximate surface area is 70.8 Å². The Morgan fingerprint density at radius 3 is 2.83 bits per heavy atom. The highest BCUT2D eigenvalue weighted by molar-refractivity contribution is 5.92. The average molecular weight is 168 g/mol. The molecule has 66 valence electrons. The van der Waals surface area contributed by atoms with Crippen LogP contribution >= 0.6 is 0 Å². The van der Waals surface area contributed by atoms with E-state index in [2.05, 4.69) is 5.10 Å². The fourth-order valence-electron chi connectivity index (χ4n) is 1.09. The predicted octanol–water partition coefficient (Wildman–Crippen LogP) is 0.158. The number of hydrogen-bond acceptors (Lipinski definition) is 3. The number of aliphatic hydroxyl groups is 1. The third-order valence-electron chi connectivity index (χ3n) is 1.66. The zero-order chi connectivity index (χ0) is 9.14. The second-order valence-electron chi connectivity index (χ2n) is 2.67. The molecule has 0 aromatic carbocycles. The van der Waals surface area contributed by atoms with Crippen molar-refractivity contribution in [1.82, 2.24) is 9.78 Å². The Morgan fingerprint density at radius 1 is 1.75 bits per heavy atom. The summed E-state index contributed by atoms with van der Waals surface area (Å²) in [6.07, 6.45) is 0.501. The molecule has 0 saturated heterocycles. The maximum Gasteiger partial charge on any atom is 0.177 e. The number of ketones is 1. The number of carbonyl (C=O) groups is 1. The summed E-state index contributed by atoms with van der Waals surface area (Å²) >= 11 is 0. The van der Waals surface area contributed by atoms with Gasteiger partial charge in [0.25, 0.3) is 0 Å². The van der Waals surface area contributed by atoms with Crippen LogP contribution in [0.3, 0.4) is 0 Å². The van der Waals surface area contributed by atoms with E-state index in [1.165, 1.54) is 11.6 Å². The van der Waals surface area contributed by atoms with E-state index in [1.54, 1.807) is 13.1 Å². The quantitative estimate of drug-likeness (QED) is 0.654. The highest BCUT2D eigenvalue weighted by atomic mass is 16.3. The number of hydrogen-bond donors (Lipinski definition) is 1. The van der Waals surface area contributed by atoms with Crippen molar-refractivity contribution in [2.24, 2.45) is 7.05 Å². The minimum atomic E-state index is -0.00538. The summed E-state index contributed by atoms with van der Waals surface area (Å²) in [5, 5.41) is 12.7. The lowest BCUT2D eigenvalue weighted by Gasteiger charge is -1.92. The average Bonchev–Trinajstić information content (AvgIpc) is 2.32. The van der Waals surface area contributed by atoms with E-state index in [0.717, 1.165) is 5.69 Å². The van der Waals surface area contributed by atoms with Crippen LogP contribution in [0.4, 0.5) is 0 Å². The molecule has 12 heavy (non-hydrogen) atoms. The Bertz CT molecular complexity index is 291. The number of carbonyl (C=O) groups excluding carboxylic acids is 1. The number of Topliss-reactive ketones (excluding diaryl/α,β-unsaturated/α-hetero) is 1. The second-order valence-corrected chi connectivity index (χ2v) is 2.67. The molecule has 0 aliphatic heterocycles. The molecule has 0 radical (unpaired) electrons. The molecule has 0 fully saturated rings. The molecule has 0 unspecified atom stereocenters. The standard InChI is InChI=1S/C8H12N2O2/c1-6(12)8-5-7(3-4-11)9-10(8)2/h5,11H,3-4H2,1-2H3. The van der Waals surface area contributed by atoms with Gasteiger partial charge in [0.05, 0.1) is 5.69 Å². The molecular formula is C8H12N2O2. The van der Waals surface area contributed by atoms with Gasteiger partial charge in [-0.1, -0.05) is 0 Å². The van der Waals surface area contributed by atoms with E-state index in [1.807, 2.05) is 0 Å². The van der Waals surface area contributed by atoms with Gasteiger partial charge in [-0.2, -0.15) is 5.10 Å². The van der Waals surface area contributed by atoms with Crippen LogP contribution in [-0.2, 0) is 13.5 Å². The van der Waals surface area contributed by atoms with Crippen LogP contribution in [0.1, 0.15) is 23.1 Å².